The van der Waals surface area contributed by atoms with Crippen molar-refractivity contribution in [2.75, 3.05) is 80.5 Å². The summed E-state index contributed by atoms with van der Waals surface area (Å²) in [5, 5.41) is 5.46. The van der Waals surface area contributed by atoms with Gasteiger partial charge in [0.25, 0.3) is 0 Å². The van der Waals surface area contributed by atoms with E-state index in [0.717, 1.165) is 22.1 Å². The van der Waals surface area contributed by atoms with Gasteiger partial charge in [-0.1, -0.05) is 72.8 Å². The zero-order valence-electron chi connectivity index (χ0n) is 23.8. The van der Waals surface area contributed by atoms with Gasteiger partial charge in [0.2, 0.25) is 0 Å². The first-order valence-electron chi connectivity index (χ1n) is 14.4. The number of rotatable bonds is 5. The minimum absolute atomic E-state index is 1.08. The van der Waals surface area contributed by atoms with E-state index < -0.39 is 0 Å². The fourth-order valence-electron chi connectivity index (χ4n) is 6.72. The van der Waals surface area contributed by atoms with E-state index in [-0.39, 0.29) is 0 Å². The maximum absolute atomic E-state index is 2.48. The van der Waals surface area contributed by atoms with Gasteiger partial charge >= 0.3 is 0 Å². The second-order valence-electron chi connectivity index (χ2n) is 12.7. The van der Waals surface area contributed by atoms with Crippen LogP contribution in [0.3, 0.4) is 0 Å². The average molecular weight is 509 g/mol. The van der Waals surface area contributed by atoms with Crippen LogP contribution in [-0.2, 0) is 13.1 Å². The van der Waals surface area contributed by atoms with Crippen molar-refractivity contribution in [3.05, 3.63) is 83.9 Å². The predicted octanol–water partition coefficient (Wildman–Crippen LogP) is 5.44. The molecule has 0 atom stereocenters. The summed E-state index contributed by atoms with van der Waals surface area (Å²) in [6, 6.07) is 27.7. The SMILES string of the molecule is CN1CC[N+](C)(Cc2ccc3ccccc3c2-c2c(C[N+]3(C)CCN(C)CC3)ccc3ccccc23)CC1. The molecule has 4 aromatic rings. The average Bonchev–Trinajstić information content (AvgIpc) is 2.93. The third-order valence-electron chi connectivity index (χ3n) is 9.47. The molecule has 4 nitrogen and oxygen atoms in total. The minimum Gasteiger partial charge on any atom is -0.320 e. The Morgan fingerprint density at radius 2 is 0.895 bits per heavy atom. The molecule has 2 aliphatic rings. The molecule has 2 aliphatic heterocycles. The van der Waals surface area contributed by atoms with Gasteiger partial charge in [0, 0.05) is 37.3 Å². The molecule has 198 valence electrons. The second-order valence-corrected chi connectivity index (χ2v) is 12.7. The highest BCUT2D eigenvalue weighted by Gasteiger charge is 2.32. The molecule has 4 heteroatoms. The Bertz CT molecular complexity index is 1330. The van der Waals surface area contributed by atoms with Crippen LogP contribution in [-0.4, -0.2) is 99.3 Å². The van der Waals surface area contributed by atoms with Gasteiger partial charge in [0.15, 0.2) is 0 Å². The van der Waals surface area contributed by atoms with E-state index in [1.807, 2.05) is 0 Å². The molecule has 0 aromatic heterocycles. The molecule has 0 saturated carbocycles. The van der Waals surface area contributed by atoms with E-state index in [4.69, 9.17) is 0 Å². The first kappa shape index (κ1) is 25.5. The van der Waals surface area contributed by atoms with Gasteiger partial charge in [-0.2, -0.15) is 0 Å². The number of quaternary nitrogens is 2. The molecule has 0 radical (unpaired) electrons. The molecular formula is C34H44N4+2. The number of fused-ring (bicyclic) bond motifs is 2. The van der Waals surface area contributed by atoms with Crippen LogP contribution in [0.2, 0.25) is 0 Å². The van der Waals surface area contributed by atoms with Crippen LogP contribution < -0.4 is 0 Å². The van der Waals surface area contributed by atoms with Gasteiger partial charge in [0.1, 0.15) is 13.1 Å². The van der Waals surface area contributed by atoms with Gasteiger partial charge in [0.05, 0.1) is 40.3 Å². The summed E-state index contributed by atoms with van der Waals surface area (Å²) in [6.45, 7) is 11.6. The molecule has 2 fully saturated rings. The first-order chi connectivity index (χ1) is 18.3. The number of likely N-dealkylation sites (N-methyl/N-ethyl adjacent to an activating group) is 4. The van der Waals surface area contributed by atoms with Crippen molar-refractivity contribution in [3.8, 4) is 11.1 Å². The second kappa shape index (κ2) is 10.1. The Balaban J connectivity index is 1.55. The summed E-state index contributed by atoms with van der Waals surface area (Å²) in [7, 11) is 9.45. The summed E-state index contributed by atoms with van der Waals surface area (Å²) in [5.41, 5.74) is 5.92. The number of hydrogen-bond donors (Lipinski definition) is 0. The van der Waals surface area contributed by atoms with Gasteiger partial charge < -0.3 is 8.97 Å². The molecule has 4 aromatic carbocycles. The fraction of sp³-hybridized carbons (Fsp3) is 0.412. The highest BCUT2D eigenvalue weighted by Crippen LogP contribution is 2.41. The van der Waals surface area contributed by atoms with Crippen molar-refractivity contribution < 1.29 is 8.97 Å². The van der Waals surface area contributed by atoms with Crippen LogP contribution >= 0.6 is 0 Å². The summed E-state index contributed by atoms with van der Waals surface area (Å²) in [4.78, 5) is 4.95. The molecular weight excluding hydrogens is 464 g/mol. The third kappa shape index (κ3) is 4.99. The normalized spacial score (nSPS) is 20.2. The molecule has 2 heterocycles. The Hall–Kier alpha value is -2.76. The van der Waals surface area contributed by atoms with Crippen molar-refractivity contribution in [3.63, 3.8) is 0 Å². The van der Waals surface area contributed by atoms with Gasteiger partial charge in [-0.25, -0.2) is 0 Å². The van der Waals surface area contributed by atoms with Crippen molar-refractivity contribution in [2.45, 2.75) is 13.1 Å². The summed E-state index contributed by atoms with van der Waals surface area (Å²) in [6.07, 6.45) is 0. The van der Waals surface area contributed by atoms with E-state index in [2.05, 4.69) is 111 Å². The van der Waals surface area contributed by atoms with E-state index in [9.17, 15) is 0 Å². The Morgan fingerprint density at radius 1 is 0.526 bits per heavy atom. The van der Waals surface area contributed by atoms with Crippen LogP contribution in [0.1, 0.15) is 11.1 Å². The summed E-state index contributed by atoms with van der Waals surface area (Å²) in [5.74, 6) is 0. The Morgan fingerprint density at radius 3 is 1.29 bits per heavy atom. The number of piperazine rings is 2. The van der Waals surface area contributed by atoms with E-state index in [0.29, 0.717) is 0 Å². The van der Waals surface area contributed by atoms with Crippen LogP contribution in [0.25, 0.3) is 32.7 Å². The van der Waals surface area contributed by atoms with Crippen molar-refractivity contribution >= 4 is 21.5 Å². The number of nitrogens with zero attached hydrogens (tertiary/aromatic N) is 4. The molecule has 6 rings (SSSR count). The molecule has 0 N–H and O–H groups in total. The molecule has 0 unspecified atom stereocenters. The third-order valence-corrected chi connectivity index (χ3v) is 9.47. The van der Waals surface area contributed by atoms with Crippen LogP contribution in [0, 0.1) is 0 Å². The van der Waals surface area contributed by atoms with Crippen molar-refractivity contribution in [1.82, 2.24) is 9.80 Å². The molecule has 2 saturated heterocycles. The standard InChI is InChI=1S/C34H44N4/c1-35-17-21-37(3,22-18-35)25-29-15-13-27-9-5-7-11-31(27)33(29)34-30(16-14-28-10-6-8-12-32(28)34)26-38(4)23-19-36(2)20-24-38/h5-16H,17-26H2,1-4H3/q+2. The molecule has 0 aliphatic carbocycles. The van der Waals surface area contributed by atoms with Crippen molar-refractivity contribution in [2.24, 2.45) is 0 Å². The van der Waals surface area contributed by atoms with Gasteiger partial charge in [-0.3, -0.25) is 9.80 Å². The molecule has 38 heavy (non-hydrogen) atoms. The van der Waals surface area contributed by atoms with Crippen LogP contribution in [0.15, 0.2) is 72.8 Å². The van der Waals surface area contributed by atoms with Crippen LogP contribution in [0.4, 0.5) is 0 Å². The summed E-state index contributed by atoms with van der Waals surface area (Å²) < 4.78 is 2.21. The zero-order chi connectivity index (χ0) is 26.3. The lowest BCUT2D eigenvalue weighted by molar-refractivity contribution is -0.926. The zero-order valence-corrected chi connectivity index (χ0v) is 23.8. The molecule has 0 amide bonds. The lowest BCUT2D eigenvalue weighted by Gasteiger charge is -2.42. The highest BCUT2D eigenvalue weighted by molar-refractivity contribution is 6.07. The lowest BCUT2D eigenvalue weighted by atomic mass is 9.86. The monoisotopic (exact) mass is 508 g/mol. The highest BCUT2D eigenvalue weighted by atomic mass is 15.4. The van der Waals surface area contributed by atoms with E-state index in [1.54, 1.807) is 0 Å². The fourth-order valence-corrected chi connectivity index (χ4v) is 6.72. The topological polar surface area (TPSA) is 6.48 Å². The maximum atomic E-state index is 2.48. The van der Waals surface area contributed by atoms with Gasteiger partial charge in [-0.15, -0.1) is 0 Å². The van der Waals surface area contributed by atoms with E-state index in [1.165, 1.54) is 96.2 Å². The predicted molar refractivity (Wildman–Crippen MR) is 161 cm³/mol. The van der Waals surface area contributed by atoms with E-state index >= 15 is 0 Å². The van der Waals surface area contributed by atoms with Crippen molar-refractivity contribution in [1.29, 1.82) is 0 Å². The van der Waals surface area contributed by atoms with Crippen LogP contribution in [0.5, 0.6) is 0 Å². The number of hydrogen-bond acceptors (Lipinski definition) is 2. The molecule has 0 bridgehead atoms. The largest absolute Gasteiger partial charge is 0.320 e. The smallest absolute Gasteiger partial charge is 0.105 e. The maximum Gasteiger partial charge on any atom is 0.105 e. The Labute approximate surface area is 228 Å². The minimum atomic E-state index is 1.08. The van der Waals surface area contributed by atoms with Gasteiger partial charge in [-0.05, 0) is 46.8 Å². The lowest BCUT2D eigenvalue weighted by Crippen LogP contribution is -2.55. The molecule has 0 spiro atoms. The quantitative estimate of drug-likeness (QED) is 0.331. The Kier molecular flexibility index (Phi) is 6.77. The summed E-state index contributed by atoms with van der Waals surface area (Å²) >= 11 is 0. The first-order valence-corrected chi connectivity index (χ1v) is 14.4. The number of benzene rings is 4.